The van der Waals surface area contributed by atoms with E-state index in [9.17, 15) is 4.79 Å². The molecule has 0 aliphatic carbocycles. The first-order valence-corrected chi connectivity index (χ1v) is 8.61. The maximum Gasteiger partial charge on any atom is 0.246 e. The van der Waals surface area contributed by atoms with Crippen LogP contribution in [0.25, 0.3) is 0 Å². The van der Waals surface area contributed by atoms with E-state index in [1.807, 2.05) is 0 Å². The lowest BCUT2D eigenvalue weighted by Crippen LogP contribution is -2.61. The molecule has 23 heavy (non-hydrogen) atoms. The summed E-state index contributed by atoms with van der Waals surface area (Å²) >= 11 is 0. The van der Waals surface area contributed by atoms with Crippen molar-refractivity contribution in [3.05, 3.63) is 12.2 Å². The van der Waals surface area contributed by atoms with E-state index in [0.29, 0.717) is 5.57 Å². The van der Waals surface area contributed by atoms with Crippen LogP contribution in [0.3, 0.4) is 0 Å². The van der Waals surface area contributed by atoms with E-state index in [-0.39, 0.29) is 17.0 Å². The van der Waals surface area contributed by atoms with Gasteiger partial charge in [-0.15, -0.1) is 0 Å². The molecule has 4 heteroatoms. The molecule has 0 atom stereocenters. The van der Waals surface area contributed by atoms with Crippen LogP contribution < -0.4 is 5.32 Å². The molecule has 0 spiro atoms. The van der Waals surface area contributed by atoms with Crippen LogP contribution >= 0.6 is 0 Å². The number of hydrogen-bond donors (Lipinski definition) is 1. The van der Waals surface area contributed by atoms with Crippen molar-refractivity contribution in [3.63, 3.8) is 0 Å². The van der Waals surface area contributed by atoms with Crippen LogP contribution in [-0.2, 0) is 4.79 Å². The molecule has 0 aliphatic rings. The third kappa shape index (κ3) is 7.98. The van der Waals surface area contributed by atoms with Gasteiger partial charge in [-0.2, -0.15) is 0 Å². The molecule has 0 unspecified atom stereocenters. The fourth-order valence-electron chi connectivity index (χ4n) is 3.00. The minimum atomic E-state index is -0.255. The predicted molar refractivity (Wildman–Crippen MR) is 100 cm³/mol. The van der Waals surface area contributed by atoms with Crippen LogP contribution in [0.2, 0.25) is 0 Å². The van der Waals surface area contributed by atoms with E-state index in [1.54, 1.807) is 6.92 Å². The van der Waals surface area contributed by atoms with Crippen LogP contribution in [-0.4, -0.2) is 74.3 Å². The van der Waals surface area contributed by atoms with Crippen LogP contribution in [0, 0.1) is 0 Å². The van der Waals surface area contributed by atoms with Gasteiger partial charge in [0.05, 0.1) is 53.9 Å². The number of rotatable bonds is 9. The molecule has 0 rings (SSSR count). The summed E-state index contributed by atoms with van der Waals surface area (Å²) in [5, 5.41) is 3.11. The summed E-state index contributed by atoms with van der Waals surface area (Å²) < 4.78 is 1.94. The minimum absolute atomic E-state index is 0.0545. The molecule has 0 saturated heterocycles. The van der Waals surface area contributed by atoms with Gasteiger partial charge in [-0.3, -0.25) is 4.79 Å². The summed E-state index contributed by atoms with van der Waals surface area (Å²) in [6.07, 6.45) is 2.11. The maximum absolute atomic E-state index is 12.0. The molecule has 136 valence electrons. The predicted octanol–water partition coefficient (Wildman–Crippen LogP) is 2.80. The van der Waals surface area contributed by atoms with Gasteiger partial charge >= 0.3 is 0 Å². The van der Waals surface area contributed by atoms with Crippen molar-refractivity contribution in [2.24, 2.45) is 0 Å². The van der Waals surface area contributed by atoms with E-state index < -0.39 is 0 Å². The number of hydrogen-bond acceptors (Lipinski definition) is 1. The summed E-state index contributed by atoms with van der Waals surface area (Å²) in [5.74, 6) is -0.0545. The first-order chi connectivity index (χ1) is 9.99. The zero-order valence-electron chi connectivity index (χ0n) is 17.3. The van der Waals surface area contributed by atoms with Gasteiger partial charge in [-0.25, -0.2) is 0 Å². The summed E-state index contributed by atoms with van der Waals surface area (Å²) in [4.78, 5) is 12.0. The van der Waals surface area contributed by atoms with Gasteiger partial charge in [-0.05, 0) is 34.6 Å². The molecule has 0 aliphatic heterocycles. The second kappa shape index (κ2) is 7.35. The van der Waals surface area contributed by atoms with E-state index in [1.165, 1.54) is 13.0 Å². The van der Waals surface area contributed by atoms with Gasteiger partial charge in [-0.1, -0.05) is 6.58 Å². The molecule has 0 radical (unpaired) electrons. The average molecular weight is 328 g/mol. The van der Waals surface area contributed by atoms with Crippen molar-refractivity contribution < 1.29 is 13.8 Å². The minimum Gasteiger partial charge on any atom is -0.347 e. The Hall–Kier alpha value is -0.870. The highest BCUT2D eigenvalue weighted by molar-refractivity contribution is 5.92. The molecule has 0 aromatic heterocycles. The van der Waals surface area contributed by atoms with Crippen LogP contribution in [0.1, 0.15) is 47.5 Å². The summed E-state index contributed by atoms with van der Waals surface area (Å²) in [6, 6.07) is 0. The zero-order chi connectivity index (χ0) is 18.7. The van der Waals surface area contributed by atoms with E-state index >= 15 is 0 Å². The van der Waals surface area contributed by atoms with E-state index in [2.05, 4.69) is 74.8 Å². The monoisotopic (exact) mass is 327 g/mol. The van der Waals surface area contributed by atoms with Crippen molar-refractivity contribution in [2.45, 2.75) is 58.5 Å². The third-order valence-corrected chi connectivity index (χ3v) is 4.90. The lowest BCUT2D eigenvalue weighted by molar-refractivity contribution is -0.943. The van der Waals surface area contributed by atoms with Gasteiger partial charge in [0.15, 0.2) is 0 Å². The summed E-state index contributed by atoms with van der Waals surface area (Å²) in [6.45, 7) is 16.6. The molecule has 0 aromatic rings. The molecular weight excluding hydrogens is 286 g/mol. The van der Waals surface area contributed by atoms with E-state index in [4.69, 9.17) is 0 Å². The number of carbonyl (C=O) groups excluding carboxylic acids is 1. The maximum atomic E-state index is 12.0. The molecule has 0 aromatic carbocycles. The van der Waals surface area contributed by atoms with Crippen LogP contribution in [0.4, 0.5) is 0 Å². The normalized spacial score (nSPS) is 13.8. The van der Waals surface area contributed by atoms with Gasteiger partial charge < -0.3 is 14.3 Å². The Kier molecular flexibility index (Phi) is 7.07. The SMILES string of the molecule is C=C(C)C(=O)NC(C)(C)CC(C)(C)[N+](C)(C)CCC[N+](C)(C)C. The van der Waals surface area contributed by atoms with Crippen molar-refractivity contribution in [3.8, 4) is 0 Å². The Morgan fingerprint density at radius 1 is 1.00 bits per heavy atom. The standard InChI is InChI=1S/C19H40N3O/c1-16(2)17(23)20-18(3,4)15-19(5,6)22(10,11)14-12-13-21(7,8)9/h1,12-15H2,2-11H3/q+1/p+1. The molecule has 0 heterocycles. The quantitative estimate of drug-likeness (QED) is 0.512. The highest BCUT2D eigenvalue weighted by Gasteiger charge is 2.41. The van der Waals surface area contributed by atoms with Crippen molar-refractivity contribution in [1.29, 1.82) is 0 Å². The molecule has 0 fully saturated rings. The topological polar surface area (TPSA) is 29.1 Å². The molecule has 1 amide bonds. The summed E-state index contributed by atoms with van der Waals surface area (Å²) in [5.41, 5.74) is 0.374. The highest BCUT2D eigenvalue weighted by atomic mass is 16.1. The number of nitrogens with one attached hydrogen (secondary N) is 1. The van der Waals surface area contributed by atoms with Gasteiger partial charge in [0.2, 0.25) is 5.91 Å². The number of quaternary nitrogens is 2. The fraction of sp³-hybridized carbons (Fsp3) is 0.842. The van der Waals surface area contributed by atoms with Gasteiger partial charge in [0.1, 0.15) is 0 Å². The van der Waals surface area contributed by atoms with Gasteiger partial charge in [0.25, 0.3) is 0 Å². The molecule has 4 nitrogen and oxygen atoms in total. The zero-order valence-corrected chi connectivity index (χ0v) is 17.3. The fourth-order valence-corrected chi connectivity index (χ4v) is 3.00. The van der Waals surface area contributed by atoms with Crippen molar-refractivity contribution >= 4 is 5.91 Å². The molecule has 1 N–H and O–H groups in total. The van der Waals surface area contributed by atoms with Crippen LogP contribution in [0.15, 0.2) is 12.2 Å². The average Bonchev–Trinajstić information content (AvgIpc) is 2.23. The third-order valence-electron chi connectivity index (χ3n) is 4.90. The van der Waals surface area contributed by atoms with Crippen molar-refractivity contribution in [2.75, 3.05) is 48.3 Å². The second-order valence-electron chi connectivity index (χ2n) is 9.88. The Labute approximate surface area is 144 Å². The molecular formula is C19H41N3O+2. The first kappa shape index (κ1) is 22.1. The first-order valence-electron chi connectivity index (χ1n) is 8.61. The Morgan fingerprint density at radius 2 is 1.48 bits per heavy atom. The number of amides is 1. The lowest BCUT2D eigenvalue weighted by atomic mass is 9.84. The smallest absolute Gasteiger partial charge is 0.246 e. The van der Waals surface area contributed by atoms with Crippen LogP contribution in [0.5, 0.6) is 0 Å². The Morgan fingerprint density at radius 3 is 1.87 bits per heavy atom. The summed E-state index contributed by atoms with van der Waals surface area (Å²) in [7, 11) is 11.3. The Bertz CT molecular complexity index is 428. The number of carbonyl (C=O) groups is 1. The van der Waals surface area contributed by atoms with E-state index in [0.717, 1.165) is 21.9 Å². The lowest BCUT2D eigenvalue weighted by Gasteiger charge is -2.48. The molecule has 0 bridgehead atoms. The molecule has 0 saturated carbocycles. The number of nitrogens with zero attached hydrogens (tertiary/aromatic N) is 2. The van der Waals surface area contributed by atoms with Gasteiger partial charge in [0, 0.05) is 24.0 Å². The van der Waals surface area contributed by atoms with Crippen molar-refractivity contribution in [1.82, 2.24) is 5.32 Å². The second-order valence-corrected chi connectivity index (χ2v) is 9.88. The Balaban J connectivity index is 4.87. The highest BCUT2D eigenvalue weighted by Crippen LogP contribution is 2.30. The largest absolute Gasteiger partial charge is 0.347 e.